The average molecular weight is 276 g/mol. The van der Waals surface area contributed by atoms with Gasteiger partial charge >= 0.3 is 0 Å². The van der Waals surface area contributed by atoms with Crippen molar-refractivity contribution in [2.75, 3.05) is 30.3 Å². The largest absolute Gasteiger partial charge is 0.286 e. The molecule has 0 aromatic carbocycles. The molecule has 98 valence electrons. The van der Waals surface area contributed by atoms with Crippen molar-refractivity contribution in [1.29, 1.82) is 5.26 Å². The number of thioether (sulfide) groups is 1. The lowest BCUT2D eigenvalue weighted by atomic mass is 10.2. The molecule has 6 heteroatoms. The van der Waals surface area contributed by atoms with Gasteiger partial charge in [-0.1, -0.05) is 6.92 Å². The first-order valence-corrected chi connectivity index (χ1v) is 8.89. The third-order valence-corrected chi connectivity index (χ3v) is 6.32. The monoisotopic (exact) mass is 276 g/mol. The number of unbranched alkanes of at least 4 members (excludes halogenated alkanes) is 2. The van der Waals surface area contributed by atoms with Gasteiger partial charge in [0.05, 0.1) is 6.07 Å². The Morgan fingerprint density at radius 1 is 1.47 bits per heavy atom. The summed E-state index contributed by atoms with van der Waals surface area (Å²) < 4.78 is 23.9. The number of hydrogen-bond donors (Lipinski definition) is 0. The van der Waals surface area contributed by atoms with Crippen molar-refractivity contribution >= 4 is 21.6 Å². The van der Waals surface area contributed by atoms with Gasteiger partial charge in [0, 0.05) is 30.2 Å². The van der Waals surface area contributed by atoms with Crippen molar-refractivity contribution in [3.63, 3.8) is 0 Å². The van der Waals surface area contributed by atoms with Gasteiger partial charge in [-0.2, -0.15) is 17.0 Å². The predicted octanol–water partition coefficient (Wildman–Crippen LogP) is 1.49. The highest BCUT2D eigenvalue weighted by atomic mass is 32.2. The van der Waals surface area contributed by atoms with E-state index >= 15 is 0 Å². The summed E-state index contributed by atoms with van der Waals surface area (Å²) in [6.07, 6.45) is 2.33. The maximum absolute atomic E-state index is 11.9. The van der Waals surface area contributed by atoms with Crippen molar-refractivity contribution in [3.05, 3.63) is 0 Å². The fourth-order valence-electron chi connectivity index (χ4n) is 1.91. The molecule has 0 aromatic heterocycles. The van der Waals surface area contributed by atoms with E-state index < -0.39 is 9.84 Å². The third kappa shape index (κ3) is 4.49. The average Bonchev–Trinajstić information content (AvgIpc) is 2.35. The molecule has 1 atom stereocenters. The van der Waals surface area contributed by atoms with Crippen LogP contribution in [0.15, 0.2) is 0 Å². The molecule has 0 N–H and O–H groups in total. The van der Waals surface area contributed by atoms with E-state index in [1.807, 2.05) is 0 Å². The highest BCUT2D eigenvalue weighted by Gasteiger charge is 2.32. The van der Waals surface area contributed by atoms with Crippen molar-refractivity contribution < 1.29 is 8.42 Å². The maximum atomic E-state index is 11.9. The second-order valence-electron chi connectivity index (χ2n) is 4.13. The molecule has 1 aliphatic heterocycles. The van der Waals surface area contributed by atoms with Crippen LogP contribution in [0.4, 0.5) is 0 Å². The molecule has 4 nitrogen and oxygen atoms in total. The first kappa shape index (κ1) is 14.8. The lowest BCUT2D eigenvalue weighted by Gasteiger charge is -2.34. The summed E-state index contributed by atoms with van der Waals surface area (Å²) in [6, 6.07) is 2.12. The second kappa shape index (κ2) is 7.24. The second-order valence-corrected chi connectivity index (χ2v) is 7.73. The van der Waals surface area contributed by atoms with Gasteiger partial charge < -0.3 is 0 Å². The summed E-state index contributed by atoms with van der Waals surface area (Å²) in [7, 11) is -2.97. The van der Waals surface area contributed by atoms with Crippen LogP contribution in [0.2, 0.25) is 0 Å². The summed E-state index contributed by atoms with van der Waals surface area (Å²) >= 11 is 1.72. The molecule has 1 saturated heterocycles. The van der Waals surface area contributed by atoms with Crippen LogP contribution in [0, 0.1) is 11.3 Å². The molecule has 1 heterocycles. The summed E-state index contributed by atoms with van der Waals surface area (Å²) in [5.74, 6) is 1.91. The van der Waals surface area contributed by atoms with Crippen molar-refractivity contribution in [2.24, 2.45) is 0 Å². The molecule has 1 rings (SSSR count). The molecule has 0 spiro atoms. The fourth-order valence-corrected chi connectivity index (χ4v) is 5.02. The van der Waals surface area contributed by atoms with Gasteiger partial charge in [-0.15, -0.1) is 0 Å². The van der Waals surface area contributed by atoms with Crippen LogP contribution in [0.25, 0.3) is 0 Å². The van der Waals surface area contributed by atoms with E-state index in [1.165, 1.54) is 0 Å². The van der Waals surface area contributed by atoms with E-state index in [9.17, 15) is 8.42 Å². The quantitative estimate of drug-likeness (QED) is 0.688. The van der Waals surface area contributed by atoms with E-state index in [0.29, 0.717) is 12.2 Å². The van der Waals surface area contributed by atoms with E-state index in [-0.39, 0.29) is 11.1 Å². The third-order valence-electron chi connectivity index (χ3n) is 2.99. The summed E-state index contributed by atoms with van der Waals surface area (Å²) in [5.41, 5.74) is 0. The van der Waals surface area contributed by atoms with Gasteiger partial charge in [-0.3, -0.25) is 4.90 Å². The van der Waals surface area contributed by atoms with Crippen LogP contribution in [-0.2, 0) is 9.84 Å². The Morgan fingerprint density at radius 3 is 2.88 bits per heavy atom. The van der Waals surface area contributed by atoms with E-state index in [2.05, 4.69) is 11.0 Å². The number of hydrogen-bond acceptors (Lipinski definition) is 5. The van der Waals surface area contributed by atoms with Crippen LogP contribution in [0.5, 0.6) is 0 Å². The Hall–Kier alpha value is -0.250. The normalized spacial score (nSPS) is 22.2. The topological polar surface area (TPSA) is 61.2 Å². The molecule has 1 fully saturated rings. The molecule has 0 aliphatic carbocycles. The SMILES string of the molecule is CCS(=O)(=O)C1CSCCN1CCCCC#N. The van der Waals surface area contributed by atoms with Crippen LogP contribution in [0.3, 0.4) is 0 Å². The first-order valence-electron chi connectivity index (χ1n) is 6.02. The van der Waals surface area contributed by atoms with Crippen molar-refractivity contribution in [2.45, 2.75) is 31.6 Å². The number of sulfone groups is 1. The van der Waals surface area contributed by atoms with Crippen LogP contribution >= 0.6 is 11.8 Å². The fraction of sp³-hybridized carbons (Fsp3) is 0.909. The molecular formula is C11H20N2O2S2. The lowest BCUT2D eigenvalue weighted by molar-refractivity contribution is 0.265. The highest BCUT2D eigenvalue weighted by Crippen LogP contribution is 2.21. The van der Waals surface area contributed by atoms with Gasteiger partial charge in [0.15, 0.2) is 9.84 Å². The first-order chi connectivity index (χ1) is 8.11. The smallest absolute Gasteiger partial charge is 0.166 e. The molecule has 0 aromatic rings. The van der Waals surface area contributed by atoms with Gasteiger partial charge in [0.2, 0.25) is 0 Å². The molecular weight excluding hydrogens is 256 g/mol. The minimum atomic E-state index is -2.97. The van der Waals surface area contributed by atoms with Crippen LogP contribution in [-0.4, -0.2) is 49.0 Å². The number of nitrogens with zero attached hydrogens (tertiary/aromatic N) is 2. The number of nitriles is 1. The minimum absolute atomic E-state index is 0.215. The molecule has 17 heavy (non-hydrogen) atoms. The zero-order valence-electron chi connectivity index (χ0n) is 10.3. The lowest BCUT2D eigenvalue weighted by Crippen LogP contribution is -2.48. The van der Waals surface area contributed by atoms with Gasteiger partial charge in [-0.25, -0.2) is 8.42 Å². The zero-order valence-corrected chi connectivity index (χ0v) is 11.9. The van der Waals surface area contributed by atoms with Crippen LogP contribution in [0.1, 0.15) is 26.2 Å². The maximum Gasteiger partial charge on any atom is 0.166 e. The van der Waals surface area contributed by atoms with E-state index in [0.717, 1.165) is 31.7 Å². The summed E-state index contributed by atoms with van der Waals surface area (Å²) in [5, 5.41) is 8.15. The standard InChI is InChI=1S/C11H20N2O2S2/c1-2-17(14,15)11-10-16-9-8-13(11)7-5-3-4-6-12/h11H,2-5,7-10H2,1H3. The summed E-state index contributed by atoms with van der Waals surface area (Å²) in [4.78, 5) is 2.08. The molecule has 0 saturated carbocycles. The Morgan fingerprint density at radius 2 is 2.24 bits per heavy atom. The Labute approximate surface area is 108 Å². The Balaban J connectivity index is 2.52. The molecule has 1 unspecified atom stereocenters. The Bertz CT molecular complexity index is 362. The van der Waals surface area contributed by atoms with Crippen LogP contribution < -0.4 is 0 Å². The highest BCUT2D eigenvalue weighted by molar-refractivity contribution is 8.01. The molecule has 1 aliphatic rings. The van der Waals surface area contributed by atoms with E-state index in [1.54, 1.807) is 18.7 Å². The van der Waals surface area contributed by atoms with E-state index in [4.69, 9.17) is 5.26 Å². The zero-order chi connectivity index (χ0) is 12.7. The molecule has 0 amide bonds. The van der Waals surface area contributed by atoms with Crippen molar-refractivity contribution in [1.82, 2.24) is 4.90 Å². The van der Waals surface area contributed by atoms with Crippen molar-refractivity contribution in [3.8, 4) is 6.07 Å². The summed E-state index contributed by atoms with van der Waals surface area (Å²) in [6.45, 7) is 3.36. The Kier molecular flexibility index (Phi) is 6.31. The van der Waals surface area contributed by atoms with Gasteiger partial charge in [0.1, 0.15) is 5.37 Å². The minimum Gasteiger partial charge on any atom is -0.286 e. The molecule has 0 bridgehead atoms. The van der Waals surface area contributed by atoms with Gasteiger partial charge in [0.25, 0.3) is 0 Å². The number of rotatable bonds is 6. The predicted molar refractivity (Wildman–Crippen MR) is 71.6 cm³/mol. The molecule has 0 radical (unpaired) electrons. The van der Waals surface area contributed by atoms with Gasteiger partial charge in [-0.05, 0) is 19.4 Å².